The van der Waals surface area contributed by atoms with Gasteiger partial charge >= 0.3 is 0 Å². The predicted octanol–water partition coefficient (Wildman–Crippen LogP) is 4.64. The first kappa shape index (κ1) is 18.0. The first-order valence-electron chi connectivity index (χ1n) is 8.32. The van der Waals surface area contributed by atoms with Gasteiger partial charge in [-0.05, 0) is 32.1 Å². The van der Waals surface area contributed by atoms with Crippen molar-refractivity contribution in [1.29, 1.82) is 0 Å². The fourth-order valence-corrected chi connectivity index (χ4v) is 2.81. The highest BCUT2D eigenvalue weighted by atomic mass is 17.0. The second-order valence-electron chi connectivity index (χ2n) is 5.76. The van der Waals surface area contributed by atoms with Crippen LogP contribution in [-0.2, 0) is 9.57 Å². The summed E-state index contributed by atoms with van der Waals surface area (Å²) < 4.78 is 5.97. The van der Waals surface area contributed by atoms with Crippen molar-refractivity contribution in [2.45, 2.75) is 77.7 Å². The van der Waals surface area contributed by atoms with Gasteiger partial charge in [0.25, 0.3) is 5.09 Å². The Morgan fingerprint density at radius 2 is 2.00 bits per heavy atom. The molecule has 0 unspecified atom stereocenters. The summed E-state index contributed by atoms with van der Waals surface area (Å²) in [6, 6.07) is 0. The first-order valence-corrected chi connectivity index (χ1v) is 8.32. The van der Waals surface area contributed by atoms with Gasteiger partial charge in [-0.25, -0.2) is 0 Å². The molecule has 1 aliphatic rings. The zero-order valence-electron chi connectivity index (χ0n) is 13.4. The highest BCUT2D eigenvalue weighted by Crippen LogP contribution is 2.29. The molecule has 0 heterocycles. The molecule has 0 aromatic rings. The molecule has 122 valence electrons. The van der Waals surface area contributed by atoms with Crippen molar-refractivity contribution in [2.75, 3.05) is 6.61 Å². The summed E-state index contributed by atoms with van der Waals surface area (Å²) in [6.45, 7) is 4.93. The van der Waals surface area contributed by atoms with Crippen LogP contribution in [0.25, 0.3) is 0 Å². The van der Waals surface area contributed by atoms with Crippen LogP contribution >= 0.6 is 0 Å². The van der Waals surface area contributed by atoms with Crippen molar-refractivity contribution in [2.24, 2.45) is 5.92 Å². The average Bonchev–Trinajstić information content (AvgIpc) is 2.67. The van der Waals surface area contributed by atoms with E-state index < -0.39 is 5.09 Å². The van der Waals surface area contributed by atoms with E-state index in [0.717, 1.165) is 45.1 Å². The summed E-state index contributed by atoms with van der Waals surface area (Å²) in [5, 5.41) is 9.95. The average molecular weight is 299 g/mol. The van der Waals surface area contributed by atoms with Crippen molar-refractivity contribution >= 4 is 0 Å². The lowest BCUT2D eigenvalue weighted by atomic mass is 9.95. The monoisotopic (exact) mass is 299 g/mol. The fraction of sp³-hybridized carbons (Fsp3) is 0.875. The second kappa shape index (κ2) is 10.6. The van der Waals surface area contributed by atoms with Gasteiger partial charge in [-0.2, -0.15) is 0 Å². The fourth-order valence-electron chi connectivity index (χ4n) is 2.81. The van der Waals surface area contributed by atoms with Crippen molar-refractivity contribution in [3.63, 3.8) is 0 Å². The maximum Gasteiger partial charge on any atom is 0.299 e. The van der Waals surface area contributed by atoms with E-state index in [1.54, 1.807) is 0 Å². The molecular weight excluding hydrogens is 270 g/mol. The van der Waals surface area contributed by atoms with Gasteiger partial charge in [-0.3, -0.25) is 4.84 Å². The van der Waals surface area contributed by atoms with Crippen LogP contribution in [0.2, 0.25) is 0 Å². The molecule has 1 saturated carbocycles. The SMILES string of the molecule is CCCC/C(=C/[C@@H]1CCCCC[C@H]1OCCC)O[N+](=O)[O-]. The standard InChI is InChI=1S/C16H29NO4/c1-3-5-10-15(21-17(18)19)13-14-9-7-6-8-11-16(14)20-12-4-2/h13-14,16H,3-12H2,1-2H3/b15-13-/t14-,16+/m0/s1. The van der Waals surface area contributed by atoms with E-state index >= 15 is 0 Å². The van der Waals surface area contributed by atoms with Gasteiger partial charge in [-0.15, -0.1) is 10.1 Å². The smallest absolute Gasteiger partial charge is 0.299 e. The van der Waals surface area contributed by atoms with Gasteiger partial charge in [0.2, 0.25) is 0 Å². The zero-order chi connectivity index (χ0) is 15.5. The molecular formula is C16H29NO4. The van der Waals surface area contributed by atoms with Crippen LogP contribution in [0.1, 0.15) is 71.6 Å². The van der Waals surface area contributed by atoms with E-state index in [2.05, 4.69) is 13.8 Å². The molecule has 21 heavy (non-hydrogen) atoms. The van der Waals surface area contributed by atoms with Crippen LogP contribution in [0.5, 0.6) is 0 Å². The Bertz CT molecular complexity index is 330. The zero-order valence-corrected chi connectivity index (χ0v) is 13.4. The quantitative estimate of drug-likeness (QED) is 0.269. The number of nitrogens with zero attached hydrogens (tertiary/aromatic N) is 1. The third-order valence-corrected chi connectivity index (χ3v) is 3.91. The molecule has 0 aromatic heterocycles. The lowest BCUT2D eigenvalue weighted by Gasteiger charge is -2.23. The Morgan fingerprint density at radius 1 is 1.24 bits per heavy atom. The summed E-state index contributed by atoms with van der Waals surface area (Å²) in [6.07, 6.45) is 11.3. The highest BCUT2D eigenvalue weighted by molar-refractivity contribution is 4.99. The number of ether oxygens (including phenoxy) is 1. The van der Waals surface area contributed by atoms with Gasteiger partial charge < -0.3 is 4.74 Å². The Hall–Kier alpha value is -1.10. The summed E-state index contributed by atoms with van der Waals surface area (Å²) in [4.78, 5) is 15.4. The van der Waals surface area contributed by atoms with Crippen LogP contribution in [0.4, 0.5) is 0 Å². The number of hydrogen-bond donors (Lipinski definition) is 0. The molecule has 1 aliphatic carbocycles. The molecule has 0 spiro atoms. The molecule has 0 bridgehead atoms. The van der Waals surface area contributed by atoms with Gasteiger partial charge in [0.15, 0.2) is 0 Å². The van der Waals surface area contributed by atoms with E-state index in [1.807, 2.05) is 6.08 Å². The van der Waals surface area contributed by atoms with Crippen LogP contribution in [0.15, 0.2) is 11.8 Å². The lowest BCUT2D eigenvalue weighted by Crippen LogP contribution is -2.23. The molecule has 0 radical (unpaired) electrons. The van der Waals surface area contributed by atoms with Crippen LogP contribution in [0, 0.1) is 16.0 Å². The Labute approximate surface area is 127 Å². The van der Waals surface area contributed by atoms with Crippen LogP contribution in [-0.4, -0.2) is 17.8 Å². The lowest BCUT2D eigenvalue weighted by molar-refractivity contribution is -0.743. The molecule has 0 aliphatic heterocycles. The minimum absolute atomic E-state index is 0.180. The van der Waals surface area contributed by atoms with Gasteiger partial charge in [0.1, 0.15) is 0 Å². The van der Waals surface area contributed by atoms with Crippen LogP contribution in [0.3, 0.4) is 0 Å². The van der Waals surface area contributed by atoms with E-state index in [9.17, 15) is 10.1 Å². The van der Waals surface area contributed by atoms with Gasteiger partial charge in [-0.1, -0.05) is 45.6 Å². The van der Waals surface area contributed by atoms with Crippen molar-refractivity contribution in [3.8, 4) is 0 Å². The van der Waals surface area contributed by atoms with Crippen molar-refractivity contribution in [3.05, 3.63) is 21.9 Å². The molecule has 1 rings (SSSR count). The molecule has 5 heteroatoms. The summed E-state index contributed by atoms with van der Waals surface area (Å²) in [5.41, 5.74) is 0. The van der Waals surface area contributed by atoms with E-state index in [1.165, 1.54) is 12.8 Å². The third-order valence-electron chi connectivity index (χ3n) is 3.91. The summed E-state index contributed by atoms with van der Waals surface area (Å²) in [5.74, 6) is 0.740. The van der Waals surface area contributed by atoms with E-state index in [-0.39, 0.29) is 12.0 Å². The Balaban J connectivity index is 2.75. The van der Waals surface area contributed by atoms with E-state index in [0.29, 0.717) is 12.2 Å². The predicted molar refractivity (Wildman–Crippen MR) is 82.3 cm³/mol. The van der Waals surface area contributed by atoms with Crippen LogP contribution < -0.4 is 0 Å². The molecule has 0 amide bonds. The minimum Gasteiger partial charge on any atom is -0.378 e. The van der Waals surface area contributed by atoms with Crippen molar-refractivity contribution in [1.82, 2.24) is 0 Å². The topological polar surface area (TPSA) is 61.6 Å². The molecule has 0 N–H and O–H groups in total. The number of unbranched alkanes of at least 4 members (excludes halogenated alkanes) is 1. The minimum atomic E-state index is -0.694. The molecule has 1 fully saturated rings. The third kappa shape index (κ3) is 7.46. The molecule has 0 saturated heterocycles. The Kier molecular flexibility index (Phi) is 9.06. The maximum atomic E-state index is 10.6. The molecule has 5 nitrogen and oxygen atoms in total. The molecule has 2 atom stereocenters. The van der Waals surface area contributed by atoms with Gasteiger partial charge in [0, 0.05) is 12.5 Å². The van der Waals surface area contributed by atoms with E-state index in [4.69, 9.17) is 9.57 Å². The number of hydrogen-bond acceptors (Lipinski definition) is 4. The first-order chi connectivity index (χ1) is 10.2. The Morgan fingerprint density at radius 3 is 2.67 bits per heavy atom. The largest absolute Gasteiger partial charge is 0.378 e. The molecule has 0 aromatic carbocycles. The maximum absolute atomic E-state index is 10.6. The summed E-state index contributed by atoms with van der Waals surface area (Å²) >= 11 is 0. The number of rotatable bonds is 9. The van der Waals surface area contributed by atoms with Crippen molar-refractivity contribution < 1.29 is 14.7 Å². The normalized spacial score (nSPS) is 23.6. The summed E-state index contributed by atoms with van der Waals surface area (Å²) in [7, 11) is 0. The highest BCUT2D eigenvalue weighted by Gasteiger charge is 2.23. The number of allylic oxidation sites excluding steroid dienone is 1. The second-order valence-corrected chi connectivity index (χ2v) is 5.76. The van der Waals surface area contributed by atoms with Gasteiger partial charge in [0.05, 0.1) is 11.9 Å².